The summed E-state index contributed by atoms with van der Waals surface area (Å²) in [4.78, 5) is 34.7. The number of benzene rings is 1. The van der Waals surface area contributed by atoms with Crippen LogP contribution in [0, 0.1) is 0 Å². The fourth-order valence-corrected chi connectivity index (χ4v) is 4.43. The number of carbonyl (C=O) groups excluding carboxylic acids is 2. The molecule has 0 spiro atoms. The van der Waals surface area contributed by atoms with Crippen molar-refractivity contribution in [2.75, 3.05) is 37.6 Å². The second-order valence-electron chi connectivity index (χ2n) is 7.79. The molecule has 0 bridgehead atoms. The minimum Gasteiger partial charge on any atom is -0.467 e. The third-order valence-corrected chi connectivity index (χ3v) is 6.35. The van der Waals surface area contributed by atoms with E-state index in [1.807, 2.05) is 35.2 Å². The van der Waals surface area contributed by atoms with Crippen molar-refractivity contribution in [1.82, 2.24) is 19.2 Å². The van der Waals surface area contributed by atoms with E-state index in [9.17, 15) is 9.59 Å². The standard InChI is InChI=1S/C23H27N5O3S/c1-18(29)26-11-13-27(14-12-26)22(30)9-10-28(17-20-8-5-15-31-20)23-24-21(25-32-23)16-19-6-3-2-4-7-19/h2-8,15H,9-14,16-17H2,1H3. The molecule has 8 nitrogen and oxygen atoms in total. The van der Waals surface area contributed by atoms with E-state index in [-0.39, 0.29) is 11.8 Å². The number of piperazine rings is 1. The minimum absolute atomic E-state index is 0.0595. The van der Waals surface area contributed by atoms with Crippen LogP contribution in [0.25, 0.3) is 0 Å². The Hall–Kier alpha value is -3.20. The Labute approximate surface area is 191 Å². The minimum atomic E-state index is 0.0595. The Morgan fingerprint density at radius 2 is 1.81 bits per heavy atom. The summed E-state index contributed by atoms with van der Waals surface area (Å²) in [7, 11) is 0. The maximum absolute atomic E-state index is 12.8. The van der Waals surface area contributed by atoms with Gasteiger partial charge in [0.1, 0.15) is 11.6 Å². The molecule has 0 atom stereocenters. The molecular weight excluding hydrogens is 426 g/mol. The Kier molecular flexibility index (Phi) is 7.16. The van der Waals surface area contributed by atoms with E-state index < -0.39 is 0 Å². The summed E-state index contributed by atoms with van der Waals surface area (Å²) in [6.45, 7) is 4.96. The van der Waals surface area contributed by atoms with Crippen molar-refractivity contribution >= 4 is 28.5 Å². The molecule has 0 aliphatic carbocycles. The summed E-state index contributed by atoms with van der Waals surface area (Å²) in [6, 6.07) is 13.9. The quantitative estimate of drug-likeness (QED) is 0.522. The number of nitrogens with zero attached hydrogens (tertiary/aromatic N) is 5. The van der Waals surface area contributed by atoms with Crippen LogP contribution in [-0.4, -0.2) is 63.7 Å². The highest BCUT2D eigenvalue weighted by atomic mass is 32.1. The van der Waals surface area contributed by atoms with Gasteiger partial charge in [0.05, 0.1) is 12.8 Å². The molecule has 32 heavy (non-hydrogen) atoms. The second-order valence-corrected chi connectivity index (χ2v) is 8.52. The first-order valence-corrected chi connectivity index (χ1v) is 11.5. The van der Waals surface area contributed by atoms with Gasteiger partial charge in [0.25, 0.3) is 0 Å². The summed E-state index contributed by atoms with van der Waals surface area (Å²) >= 11 is 1.34. The lowest BCUT2D eigenvalue weighted by Gasteiger charge is -2.34. The van der Waals surface area contributed by atoms with Gasteiger partial charge in [-0.05, 0) is 17.7 Å². The average Bonchev–Trinajstić information content (AvgIpc) is 3.49. The smallest absolute Gasteiger partial charge is 0.224 e. The topological polar surface area (TPSA) is 82.8 Å². The van der Waals surface area contributed by atoms with Crippen LogP contribution in [0.15, 0.2) is 53.1 Å². The van der Waals surface area contributed by atoms with Crippen LogP contribution in [0.5, 0.6) is 0 Å². The van der Waals surface area contributed by atoms with Crippen LogP contribution < -0.4 is 4.90 Å². The first kappa shape index (κ1) is 22.0. The van der Waals surface area contributed by atoms with Crippen LogP contribution in [0.3, 0.4) is 0 Å². The molecule has 1 saturated heterocycles. The monoisotopic (exact) mass is 453 g/mol. The van der Waals surface area contributed by atoms with Gasteiger partial charge in [0.2, 0.25) is 16.9 Å². The van der Waals surface area contributed by atoms with Crippen molar-refractivity contribution < 1.29 is 14.0 Å². The number of rotatable bonds is 8. The van der Waals surface area contributed by atoms with Crippen molar-refractivity contribution in [3.63, 3.8) is 0 Å². The third-order valence-electron chi connectivity index (χ3n) is 5.53. The molecule has 2 amide bonds. The predicted octanol–water partition coefficient (Wildman–Crippen LogP) is 2.81. The van der Waals surface area contributed by atoms with E-state index >= 15 is 0 Å². The average molecular weight is 454 g/mol. The SMILES string of the molecule is CC(=O)N1CCN(C(=O)CCN(Cc2ccco2)c2nc(Cc3ccccc3)ns2)CC1. The fraction of sp³-hybridized carbons (Fsp3) is 0.391. The van der Waals surface area contributed by atoms with E-state index in [0.29, 0.717) is 52.1 Å². The number of amides is 2. The van der Waals surface area contributed by atoms with Crippen LogP contribution in [0.1, 0.15) is 30.5 Å². The Bertz CT molecular complexity index is 1010. The highest BCUT2D eigenvalue weighted by Gasteiger charge is 2.23. The largest absolute Gasteiger partial charge is 0.467 e. The molecule has 1 aliphatic heterocycles. The number of hydrogen-bond donors (Lipinski definition) is 0. The van der Waals surface area contributed by atoms with E-state index in [1.165, 1.54) is 11.5 Å². The van der Waals surface area contributed by atoms with Crippen molar-refractivity contribution in [1.29, 1.82) is 0 Å². The van der Waals surface area contributed by atoms with Crippen molar-refractivity contribution in [2.24, 2.45) is 0 Å². The molecule has 168 valence electrons. The number of hydrogen-bond acceptors (Lipinski definition) is 7. The zero-order chi connectivity index (χ0) is 22.3. The normalized spacial score (nSPS) is 13.9. The van der Waals surface area contributed by atoms with Crippen LogP contribution >= 0.6 is 11.5 Å². The van der Waals surface area contributed by atoms with Gasteiger partial charge < -0.3 is 19.1 Å². The maximum Gasteiger partial charge on any atom is 0.224 e. The predicted molar refractivity (Wildman–Crippen MR) is 122 cm³/mol. The molecule has 0 saturated carbocycles. The van der Waals surface area contributed by atoms with Crippen molar-refractivity contribution in [2.45, 2.75) is 26.3 Å². The highest BCUT2D eigenvalue weighted by molar-refractivity contribution is 7.09. The van der Waals surface area contributed by atoms with Crippen molar-refractivity contribution in [3.05, 3.63) is 65.9 Å². The molecule has 0 unspecified atom stereocenters. The zero-order valence-electron chi connectivity index (χ0n) is 18.1. The molecule has 3 heterocycles. The highest BCUT2D eigenvalue weighted by Crippen LogP contribution is 2.22. The molecule has 4 rings (SSSR count). The van der Waals surface area contributed by atoms with Gasteiger partial charge in [-0.2, -0.15) is 4.37 Å². The van der Waals surface area contributed by atoms with E-state index in [1.54, 1.807) is 18.1 Å². The summed E-state index contributed by atoms with van der Waals surface area (Å²) in [6.07, 6.45) is 2.69. The van der Waals surface area contributed by atoms with Crippen LogP contribution in [0.4, 0.5) is 5.13 Å². The van der Waals surface area contributed by atoms with Gasteiger partial charge >= 0.3 is 0 Å². The number of anilines is 1. The molecule has 3 aromatic rings. The zero-order valence-corrected chi connectivity index (χ0v) is 19.0. The summed E-state index contributed by atoms with van der Waals surface area (Å²) in [5.41, 5.74) is 1.16. The number of aromatic nitrogens is 2. The second kappa shape index (κ2) is 10.4. The van der Waals surface area contributed by atoms with E-state index in [0.717, 1.165) is 22.3 Å². The molecular formula is C23H27N5O3S. The lowest BCUT2D eigenvalue weighted by molar-refractivity contribution is -0.138. The van der Waals surface area contributed by atoms with E-state index in [2.05, 4.69) is 21.4 Å². The first-order valence-electron chi connectivity index (χ1n) is 10.8. The summed E-state index contributed by atoms with van der Waals surface area (Å²) in [5.74, 6) is 1.73. The molecule has 1 fully saturated rings. The van der Waals surface area contributed by atoms with Crippen molar-refractivity contribution in [3.8, 4) is 0 Å². The lowest BCUT2D eigenvalue weighted by atomic mass is 10.1. The Morgan fingerprint density at radius 1 is 1.06 bits per heavy atom. The number of furan rings is 1. The molecule has 0 N–H and O–H groups in total. The van der Waals surface area contributed by atoms with Gasteiger partial charge in [-0.15, -0.1) is 0 Å². The lowest BCUT2D eigenvalue weighted by Crippen LogP contribution is -2.50. The van der Waals surface area contributed by atoms with Gasteiger partial charge in [0.15, 0.2) is 0 Å². The van der Waals surface area contributed by atoms with Gasteiger partial charge in [-0.25, -0.2) is 4.98 Å². The van der Waals surface area contributed by atoms with Crippen LogP contribution in [-0.2, 0) is 22.6 Å². The Morgan fingerprint density at radius 3 is 2.50 bits per heavy atom. The molecule has 2 aromatic heterocycles. The molecule has 1 aromatic carbocycles. The maximum atomic E-state index is 12.8. The summed E-state index contributed by atoms with van der Waals surface area (Å²) < 4.78 is 10.1. The van der Waals surface area contributed by atoms with E-state index in [4.69, 9.17) is 9.40 Å². The third kappa shape index (κ3) is 5.73. The summed E-state index contributed by atoms with van der Waals surface area (Å²) in [5, 5.41) is 0.779. The van der Waals surface area contributed by atoms with Gasteiger partial charge in [-0.1, -0.05) is 30.3 Å². The molecule has 9 heteroatoms. The van der Waals surface area contributed by atoms with Crippen LogP contribution in [0.2, 0.25) is 0 Å². The molecule has 1 aliphatic rings. The first-order chi connectivity index (χ1) is 15.6. The fourth-order valence-electron chi connectivity index (χ4n) is 3.72. The van der Waals surface area contributed by atoms with Gasteiger partial charge in [-0.3, -0.25) is 9.59 Å². The number of carbonyl (C=O) groups is 2. The van der Waals surface area contributed by atoms with Gasteiger partial charge in [0, 0.05) is 64.0 Å². The Balaban J connectivity index is 1.39. The molecule has 0 radical (unpaired) electrons.